The van der Waals surface area contributed by atoms with Gasteiger partial charge in [0.1, 0.15) is 11.6 Å². The van der Waals surface area contributed by atoms with Crippen molar-refractivity contribution in [3.63, 3.8) is 0 Å². The van der Waals surface area contributed by atoms with E-state index in [0.29, 0.717) is 29.6 Å². The van der Waals surface area contributed by atoms with Crippen LogP contribution in [0, 0.1) is 11.6 Å². The summed E-state index contributed by atoms with van der Waals surface area (Å²) in [5.74, 6) is -1.48. The summed E-state index contributed by atoms with van der Waals surface area (Å²) in [7, 11) is 0. The lowest BCUT2D eigenvalue weighted by Crippen LogP contribution is -2.60. The van der Waals surface area contributed by atoms with Crippen molar-refractivity contribution in [2.75, 3.05) is 37.6 Å². The van der Waals surface area contributed by atoms with Gasteiger partial charge in [0.2, 0.25) is 0 Å². The third-order valence-electron chi connectivity index (χ3n) is 7.00. The highest BCUT2D eigenvalue weighted by Crippen LogP contribution is 2.31. The number of hydrogen-bond donors (Lipinski definition) is 0. The van der Waals surface area contributed by atoms with Crippen LogP contribution in [0.25, 0.3) is 16.6 Å². The number of allylic oxidation sites excluding steroid dienone is 1. The number of hydrogen-bond acceptors (Lipinski definition) is 5. The van der Waals surface area contributed by atoms with Gasteiger partial charge in [-0.3, -0.25) is 14.9 Å². The summed E-state index contributed by atoms with van der Waals surface area (Å²) in [5.41, 5.74) is 4.64. The standard InChI is InChI=1S/C26H24ClF2N5/c27-20-11-19(21(28)12-22(20)29)26-18(6-7-30-26)23-4-5-24-25(32-23)10-16(13-31-24)34-14-17(15-34)33-8-2-1-3-9-33/h4-6,10-13,17H,1-3,7-9,14-15H2. The molecule has 3 aliphatic rings. The van der Waals surface area contributed by atoms with E-state index in [1.807, 2.05) is 24.4 Å². The molecule has 0 aliphatic carbocycles. The van der Waals surface area contributed by atoms with Crippen molar-refractivity contribution in [2.45, 2.75) is 25.3 Å². The molecule has 2 fully saturated rings. The van der Waals surface area contributed by atoms with Gasteiger partial charge in [-0.2, -0.15) is 0 Å². The summed E-state index contributed by atoms with van der Waals surface area (Å²) in [6.07, 6.45) is 7.76. The van der Waals surface area contributed by atoms with Crippen LogP contribution in [0.3, 0.4) is 0 Å². The zero-order valence-electron chi connectivity index (χ0n) is 18.6. The normalized spacial score (nSPS) is 19.3. The topological polar surface area (TPSA) is 44.6 Å². The maximum absolute atomic E-state index is 14.5. The molecule has 2 aromatic heterocycles. The molecule has 8 heteroatoms. The predicted molar refractivity (Wildman–Crippen MR) is 132 cm³/mol. The van der Waals surface area contributed by atoms with Gasteiger partial charge in [0.15, 0.2) is 0 Å². The lowest BCUT2D eigenvalue weighted by molar-refractivity contribution is 0.139. The van der Waals surface area contributed by atoms with Gasteiger partial charge >= 0.3 is 0 Å². The van der Waals surface area contributed by atoms with E-state index in [2.05, 4.69) is 25.8 Å². The van der Waals surface area contributed by atoms with Crippen LogP contribution in [-0.2, 0) is 0 Å². The van der Waals surface area contributed by atoms with E-state index in [1.165, 1.54) is 38.4 Å². The summed E-state index contributed by atoms with van der Waals surface area (Å²) < 4.78 is 28.2. The number of rotatable bonds is 4. The number of anilines is 1. The molecule has 3 aromatic rings. The van der Waals surface area contributed by atoms with Crippen molar-refractivity contribution >= 4 is 39.6 Å². The van der Waals surface area contributed by atoms with Crippen molar-refractivity contribution in [3.05, 3.63) is 70.5 Å². The Labute approximate surface area is 201 Å². The number of piperidine rings is 1. The molecule has 0 radical (unpaired) electrons. The largest absolute Gasteiger partial charge is 0.367 e. The molecule has 0 spiro atoms. The molecule has 34 heavy (non-hydrogen) atoms. The second-order valence-corrected chi connectivity index (χ2v) is 9.54. The highest BCUT2D eigenvalue weighted by atomic mass is 35.5. The fourth-order valence-electron chi connectivity index (χ4n) is 5.07. The number of pyridine rings is 2. The molecule has 6 rings (SSSR count). The molecule has 5 nitrogen and oxygen atoms in total. The molecule has 1 aromatic carbocycles. The van der Waals surface area contributed by atoms with Crippen molar-refractivity contribution in [1.29, 1.82) is 0 Å². The third kappa shape index (κ3) is 3.87. The van der Waals surface area contributed by atoms with Crippen LogP contribution >= 0.6 is 11.6 Å². The third-order valence-corrected chi connectivity index (χ3v) is 7.29. The van der Waals surface area contributed by atoms with Crippen LogP contribution in [0.2, 0.25) is 5.02 Å². The van der Waals surface area contributed by atoms with Crippen molar-refractivity contribution in [3.8, 4) is 0 Å². The SMILES string of the molecule is Fc1cc(F)c(C2=NCC=C2c2ccc3ncc(N4CC(N5CCCCC5)C4)cc3n2)cc1Cl. The highest BCUT2D eigenvalue weighted by molar-refractivity contribution is 6.35. The van der Waals surface area contributed by atoms with Crippen LogP contribution in [0.5, 0.6) is 0 Å². The molecular formula is C26H24ClF2N5. The maximum atomic E-state index is 14.5. The van der Waals surface area contributed by atoms with Gasteiger partial charge in [-0.15, -0.1) is 0 Å². The van der Waals surface area contributed by atoms with E-state index < -0.39 is 11.6 Å². The quantitative estimate of drug-likeness (QED) is 0.487. The number of nitrogens with zero attached hydrogens (tertiary/aromatic N) is 5. The van der Waals surface area contributed by atoms with Gasteiger partial charge in [-0.05, 0) is 50.2 Å². The Hall–Kier alpha value is -2.90. The minimum Gasteiger partial charge on any atom is -0.367 e. The van der Waals surface area contributed by atoms with Crippen LogP contribution < -0.4 is 4.90 Å². The molecule has 0 amide bonds. The summed E-state index contributed by atoms with van der Waals surface area (Å²) in [4.78, 5) is 18.8. The van der Waals surface area contributed by atoms with Crippen molar-refractivity contribution < 1.29 is 8.78 Å². The Kier molecular flexibility index (Phi) is 5.54. The highest BCUT2D eigenvalue weighted by Gasteiger charge is 2.32. The Balaban J connectivity index is 1.25. The van der Waals surface area contributed by atoms with Crippen LogP contribution in [0.4, 0.5) is 14.5 Å². The lowest BCUT2D eigenvalue weighted by Gasteiger charge is -2.47. The van der Waals surface area contributed by atoms with Gasteiger partial charge in [-0.1, -0.05) is 24.1 Å². The van der Waals surface area contributed by atoms with E-state index in [0.717, 1.165) is 35.9 Å². The second kappa shape index (κ2) is 8.71. The molecule has 0 N–H and O–H groups in total. The van der Waals surface area contributed by atoms with Gasteiger partial charge in [0.05, 0.1) is 45.9 Å². The average Bonchev–Trinajstić information content (AvgIpc) is 3.30. The first kappa shape index (κ1) is 21.6. The first-order valence-corrected chi connectivity index (χ1v) is 12.1. The Morgan fingerprint density at radius 3 is 2.59 bits per heavy atom. The summed E-state index contributed by atoms with van der Waals surface area (Å²) in [5, 5.41) is -0.136. The molecule has 3 aliphatic heterocycles. The molecule has 2 saturated heterocycles. The van der Waals surface area contributed by atoms with Crippen LogP contribution in [0.1, 0.15) is 30.5 Å². The van der Waals surface area contributed by atoms with Crippen molar-refractivity contribution in [2.24, 2.45) is 4.99 Å². The zero-order chi connectivity index (χ0) is 23.2. The van der Waals surface area contributed by atoms with E-state index >= 15 is 0 Å². The van der Waals surface area contributed by atoms with E-state index in [9.17, 15) is 8.78 Å². The summed E-state index contributed by atoms with van der Waals surface area (Å²) >= 11 is 5.91. The smallest absolute Gasteiger partial charge is 0.144 e. The first-order chi connectivity index (χ1) is 16.6. The zero-order valence-corrected chi connectivity index (χ0v) is 19.4. The number of aliphatic imine (C=N–C) groups is 1. The van der Waals surface area contributed by atoms with Crippen molar-refractivity contribution in [1.82, 2.24) is 14.9 Å². The minimum atomic E-state index is -0.789. The average molecular weight is 480 g/mol. The Morgan fingerprint density at radius 1 is 0.941 bits per heavy atom. The number of likely N-dealkylation sites (tertiary alicyclic amines) is 1. The fourth-order valence-corrected chi connectivity index (χ4v) is 5.23. The first-order valence-electron chi connectivity index (χ1n) is 11.7. The van der Waals surface area contributed by atoms with Gasteiger partial charge in [-0.25, -0.2) is 13.8 Å². The van der Waals surface area contributed by atoms with Gasteiger partial charge < -0.3 is 4.90 Å². The molecule has 0 bridgehead atoms. The maximum Gasteiger partial charge on any atom is 0.144 e. The molecule has 0 atom stereocenters. The summed E-state index contributed by atoms with van der Waals surface area (Å²) in [6.45, 7) is 4.85. The number of fused-ring (bicyclic) bond motifs is 1. The monoisotopic (exact) mass is 479 g/mol. The van der Waals surface area contributed by atoms with Gasteiger partial charge in [0, 0.05) is 36.3 Å². The molecule has 174 valence electrons. The number of aromatic nitrogens is 2. The number of halogens is 3. The second-order valence-electron chi connectivity index (χ2n) is 9.14. The predicted octanol–water partition coefficient (Wildman–Crippen LogP) is 5.12. The van der Waals surface area contributed by atoms with Crippen LogP contribution in [-0.4, -0.2) is 59.3 Å². The minimum absolute atomic E-state index is 0.136. The Morgan fingerprint density at radius 2 is 1.76 bits per heavy atom. The Bertz CT molecular complexity index is 1330. The summed E-state index contributed by atoms with van der Waals surface area (Å²) in [6, 6.07) is 8.55. The van der Waals surface area contributed by atoms with E-state index in [4.69, 9.17) is 16.6 Å². The van der Waals surface area contributed by atoms with E-state index in [-0.39, 0.29) is 10.6 Å². The molecule has 0 saturated carbocycles. The lowest BCUT2D eigenvalue weighted by atomic mass is 9.99. The molecule has 5 heterocycles. The molecular weight excluding hydrogens is 456 g/mol. The fraction of sp³-hybridized carbons (Fsp3) is 0.346. The van der Waals surface area contributed by atoms with E-state index in [1.54, 1.807) is 0 Å². The molecule has 0 unspecified atom stereocenters. The van der Waals surface area contributed by atoms with Crippen LogP contribution in [0.15, 0.2) is 47.6 Å². The van der Waals surface area contributed by atoms with Gasteiger partial charge in [0.25, 0.3) is 0 Å². The number of benzene rings is 1.